The van der Waals surface area contributed by atoms with Crippen LogP contribution in [-0.2, 0) is 13.0 Å². The average molecular weight is 326 g/mol. The summed E-state index contributed by atoms with van der Waals surface area (Å²) in [6.07, 6.45) is 1.75. The number of nitrogens with zero attached hydrogens (tertiary/aromatic N) is 2. The highest BCUT2D eigenvalue weighted by molar-refractivity contribution is 9.10. The summed E-state index contributed by atoms with van der Waals surface area (Å²) in [6.45, 7) is 4.91. The Hall–Kier alpha value is -1.36. The van der Waals surface area contributed by atoms with Gasteiger partial charge in [-0.1, -0.05) is 29.8 Å². The van der Waals surface area contributed by atoms with Crippen LogP contribution in [0.25, 0.3) is 11.3 Å². The molecule has 0 unspecified atom stereocenters. The molecule has 0 spiro atoms. The van der Waals surface area contributed by atoms with Gasteiger partial charge in [-0.25, -0.2) is 9.37 Å². The van der Waals surface area contributed by atoms with E-state index in [9.17, 15) is 4.39 Å². The first kappa shape index (κ1) is 14.1. The Labute approximate surface area is 120 Å². The molecule has 0 aliphatic heterocycles. The normalized spacial score (nSPS) is 10.9. The molecule has 5 heteroatoms. The van der Waals surface area contributed by atoms with E-state index < -0.39 is 0 Å². The van der Waals surface area contributed by atoms with Gasteiger partial charge in [-0.2, -0.15) is 0 Å². The second-order valence-corrected chi connectivity index (χ2v) is 5.31. The lowest BCUT2D eigenvalue weighted by atomic mass is 10.1. The highest BCUT2D eigenvalue weighted by atomic mass is 79.9. The van der Waals surface area contributed by atoms with Crippen LogP contribution in [0.3, 0.4) is 0 Å². The number of hydrogen-bond acceptors (Lipinski definition) is 2. The zero-order valence-corrected chi connectivity index (χ0v) is 12.7. The van der Waals surface area contributed by atoms with Crippen LogP contribution in [0.1, 0.15) is 26.1 Å². The average Bonchev–Trinajstić information content (AvgIpc) is 2.68. The molecular weight excluding hydrogens is 309 g/mol. The van der Waals surface area contributed by atoms with Gasteiger partial charge < -0.3 is 10.3 Å². The van der Waals surface area contributed by atoms with Crippen LogP contribution in [0, 0.1) is 5.82 Å². The first-order chi connectivity index (χ1) is 9.08. The molecule has 2 N–H and O–H groups in total. The number of halogens is 2. The monoisotopic (exact) mass is 325 g/mol. The van der Waals surface area contributed by atoms with Crippen LogP contribution >= 0.6 is 15.9 Å². The third-order valence-electron chi connectivity index (χ3n) is 3.04. The molecule has 1 aromatic heterocycles. The van der Waals surface area contributed by atoms with Gasteiger partial charge in [0.25, 0.3) is 0 Å². The SMILES string of the molecule is CCCn1c(CC)nc(-c2ccc(Br)cc2F)c1N. The molecule has 0 amide bonds. The van der Waals surface area contributed by atoms with Crippen molar-refractivity contribution in [3.63, 3.8) is 0 Å². The summed E-state index contributed by atoms with van der Waals surface area (Å²) in [5.41, 5.74) is 7.11. The van der Waals surface area contributed by atoms with Crippen LogP contribution in [0.4, 0.5) is 10.2 Å². The molecule has 102 valence electrons. The Bertz CT molecular complexity index is 593. The van der Waals surface area contributed by atoms with E-state index in [-0.39, 0.29) is 5.82 Å². The lowest BCUT2D eigenvalue weighted by Gasteiger charge is -2.07. The molecule has 0 fully saturated rings. The zero-order valence-electron chi connectivity index (χ0n) is 11.1. The van der Waals surface area contributed by atoms with E-state index in [1.54, 1.807) is 12.1 Å². The van der Waals surface area contributed by atoms with Gasteiger partial charge in [0, 0.05) is 23.0 Å². The fourth-order valence-electron chi connectivity index (χ4n) is 2.14. The summed E-state index contributed by atoms with van der Waals surface area (Å²) in [4.78, 5) is 4.49. The number of aryl methyl sites for hydroxylation is 1. The van der Waals surface area contributed by atoms with Crippen molar-refractivity contribution in [2.75, 3.05) is 5.73 Å². The second kappa shape index (κ2) is 5.74. The molecule has 0 saturated heterocycles. The van der Waals surface area contributed by atoms with E-state index in [0.29, 0.717) is 21.5 Å². The minimum Gasteiger partial charge on any atom is -0.383 e. The Morgan fingerprint density at radius 2 is 2.11 bits per heavy atom. The van der Waals surface area contributed by atoms with Crippen molar-refractivity contribution >= 4 is 21.7 Å². The quantitative estimate of drug-likeness (QED) is 0.923. The molecule has 19 heavy (non-hydrogen) atoms. The van der Waals surface area contributed by atoms with Crippen molar-refractivity contribution in [1.29, 1.82) is 0 Å². The molecule has 2 rings (SSSR count). The molecule has 0 aliphatic rings. The van der Waals surface area contributed by atoms with E-state index in [2.05, 4.69) is 27.8 Å². The van der Waals surface area contributed by atoms with Crippen LogP contribution < -0.4 is 5.73 Å². The predicted molar refractivity (Wildman–Crippen MR) is 79.4 cm³/mol. The minimum absolute atomic E-state index is 0.315. The molecule has 0 radical (unpaired) electrons. The van der Waals surface area contributed by atoms with Crippen LogP contribution in [0.5, 0.6) is 0 Å². The molecule has 0 saturated carbocycles. The van der Waals surface area contributed by atoms with Crippen molar-refractivity contribution in [3.8, 4) is 11.3 Å². The molecule has 3 nitrogen and oxygen atoms in total. The summed E-state index contributed by atoms with van der Waals surface area (Å²) >= 11 is 3.25. The molecule has 0 atom stereocenters. The van der Waals surface area contributed by atoms with Crippen molar-refractivity contribution in [2.45, 2.75) is 33.2 Å². The number of anilines is 1. The number of nitrogens with two attached hydrogens (primary N) is 1. The van der Waals surface area contributed by atoms with Gasteiger partial charge in [-0.05, 0) is 24.6 Å². The largest absolute Gasteiger partial charge is 0.383 e. The molecule has 0 aliphatic carbocycles. The number of hydrogen-bond donors (Lipinski definition) is 1. The predicted octanol–water partition coefficient (Wildman–Crippen LogP) is 4.01. The van der Waals surface area contributed by atoms with Gasteiger partial charge in [-0.15, -0.1) is 0 Å². The van der Waals surface area contributed by atoms with Gasteiger partial charge in [0.2, 0.25) is 0 Å². The topological polar surface area (TPSA) is 43.8 Å². The number of rotatable bonds is 4. The summed E-state index contributed by atoms with van der Waals surface area (Å²) in [5.74, 6) is 1.13. The first-order valence-electron chi connectivity index (χ1n) is 6.38. The Kier molecular flexibility index (Phi) is 4.24. The molecule has 0 bridgehead atoms. The van der Waals surface area contributed by atoms with E-state index in [0.717, 1.165) is 25.2 Å². The van der Waals surface area contributed by atoms with E-state index >= 15 is 0 Å². The summed E-state index contributed by atoms with van der Waals surface area (Å²) in [5, 5.41) is 0. The Balaban J connectivity index is 2.56. The number of aromatic nitrogens is 2. The third-order valence-corrected chi connectivity index (χ3v) is 3.53. The minimum atomic E-state index is -0.315. The fraction of sp³-hybridized carbons (Fsp3) is 0.357. The van der Waals surface area contributed by atoms with Crippen molar-refractivity contribution < 1.29 is 4.39 Å². The molecule has 1 heterocycles. The lowest BCUT2D eigenvalue weighted by molar-refractivity contribution is 0.630. The van der Waals surface area contributed by atoms with Crippen molar-refractivity contribution in [2.24, 2.45) is 0 Å². The molecule has 2 aromatic rings. The fourth-order valence-corrected chi connectivity index (χ4v) is 2.47. The second-order valence-electron chi connectivity index (χ2n) is 4.39. The van der Waals surface area contributed by atoms with Crippen LogP contribution in [-0.4, -0.2) is 9.55 Å². The number of nitrogen functional groups attached to an aromatic ring is 1. The van der Waals surface area contributed by atoms with Crippen molar-refractivity contribution in [1.82, 2.24) is 9.55 Å². The van der Waals surface area contributed by atoms with Crippen LogP contribution in [0.2, 0.25) is 0 Å². The van der Waals surface area contributed by atoms with Crippen molar-refractivity contribution in [3.05, 3.63) is 34.3 Å². The smallest absolute Gasteiger partial charge is 0.133 e. The highest BCUT2D eigenvalue weighted by Crippen LogP contribution is 2.30. The summed E-state index contributed by atoms with van der Waals surface area (Å²) in [6, 6.07) is 4.93. The standard InChI is InChI=1S/C14H17BrFN3/c1-3-7-19-12(4-2)18-13(14(19)17)10-6-5-9(15)8-11(10)16/h5-6,8H,3-4,7,17H2,1-2H3. The van der Waals surface area contributed by atoms with E-state index in [1.165, 1.54) is 6.07 Å². The maximum Gasteiger partial charge on any atom is 0.133 e. The third kappa shape index (κ3) is 2.66. The number of benzene rings is 1. The molecular formula is C14H17BrFN3. The van der Waals surface area contributed by atoms with E-state index in [1.807, 2.05) is 11.5 Å². The zero-order chi connectivity index (χ0) is 14.0. The van der Waals surface area contributed by atoms with Crippen LogP contribution in [0.15, 0.2) is 22.7 Å². The van der Waals surface area contributed by atoms with Gasteiger partial charge in [0.1, 0.15) is 23.2 Å². The van der Waals surface area contributed by atoms with Gasteiger partial charge in [0.05, 0.1) is 0 Å². The first-order valence-corrected chi connectivity index (χ1v) is 7.18. The Morgan fingerprint density at radius 1 is 1.37 bits per heavy atom. The highest BCUT2D eigenvalue weighted by Gasteiger charge is 2.17. The maximum atomic E-state index is 14.0. The number of imidazole rings is 1. The molecule has 1 aromatic carbocycles. The van der Waals surface area contributed by atoms with Gasteiger partial charge in [-0.3, -0.25) is 0 Å². The summed E-state index contributed by atoms with van der Waals surface area (Å²) < 4.78 is 16.7. The summed E-state index contributed by atoms with van der Waals surface area (Å²) in [7, 11) is 0. The lowest BCUT2D eigenvalue weighted by Crippen LogP contribution is -2.06. The van der Waals surface area contributed by atoms with Gasteiger partial charge in [0.15, 0.2) is 0 Å². The van der Waals surface area contributed by atoms with Gasteiger partial charge >= 0.3 is 0 Å². The Morgan fingerprint density at radius 3 is 2.68 bits per heavy atom. The van der Waals surface area contributed by atoms with E-state index in [4.69, 9.17) is 5.73 Å². The maximum absolute atomic E-state index is 14.0.